The SMILES string of the molecule is Cc1ccc(Cl)c2sc(N(Cc3ccccn3)C(=O)CCS(=O)(=O)c3ccccc3)nc12. The van der Waals surface area contributed by atoms with Crippen molar-refractivity contribution in [2.24, 2.45) is 0 Å². The Balaban J connectivity index is 1.65. The van der Waals surface area contributed by atoms with E-state index in [0.717, 1.165) is 15.8 Å². The summed E-state index contributed by atoms with van der Waals surface area (Å²) in [6.45, 7) is 2.11. The van der Waals surface area contributed by atoms with Crippen LogP contribution in [-0.4, -0.2) is 30.0 Å². The van der Waals surface area contributed by atoms with Gasteiger partial charge in [-0.3, -0.25) is 14.7 Å². The lowest BCUT2D eigenvalue weighted by Crippen LogP contribution is -2.32. The van der Waals surface area contributed by atoms with E-state index in [1.54, 1.807) is 36.5 Å². The predicted molar refractivity (Wildman–Crippen MR) is 128 cm³/mol. The predicted octanol–water partition coefficient (Wildman–Crippen LogP) is 5.05. The van der Waals surface area contributed by atoms with E-state index in [4.69, 9.17) is 11.6 Å². The van der Waals surface area contributed by atoms with E-state index < -0.39 is 9.84 Å². The largest absolute Gasteiger partial charge is 0.282 e. The molecule has 0 bridgehead atoms. The summed E-state index contributed by atoms with van der Waals surface area (Å²) < 4.78 is 26.1. The second-order valence-corrected chi connectivity index (χ2v) is 10.7. The molecule has 164 valence electrons. The lowest BCUT2D eigenvalue weighted by molar-refractivity contribution is -0.118. The van der Waals surface area contributed by atoms with Gasteiger partial charge in [-0.05, 0) is 42.8 Å². The zero-order chi connectivity index (χ0) is 22.7. The standard InChI is InChI=1S/C23H20ClN3O3S2/c1-16-10-11-19(24)22-21(16)26-23(31-22)27(15-17-7-5-6-13-25-17)20(28)12-14-32(29,30)18-8-3-2-4-9-18/h2-11,13H,12,14-15H2,1H3. The fourth-order valence-electron chi connectivity index (χ4n) is 3.22. The van der Waals surface area contributed by atoms with Crippen molar-refractivity contribution in [2.45, 2.75) is 24.8 Å². The number of aromatic nitrogens is 2. The first-order valence-corrected chi connectivity index (χ1v) is 12.7. The average molecular weight is 486 g/mol. The second-order valence-electron chi connectivity index (χ2n) is 7.22. The lowest BCUT2D eigenvalue weighted by Gasteiger charge is -2.19. The van der Waals surface area contributed by atoms with Crippen LogP contribution in [0.5, 0.6) is 0 Å². The van der Waals surface area contributed by atoms with E-state index in [1.807, 2.05) is 25.1 Å². The highest BCUT2D eigenvalue weighted by Crippen LogP contribution is 2.36. The van der Waals surface area contributed by atoms with Crippen molar-refractivity contribution < 1.29 is 13.2 Å². The van der Waals surface area contributed by atoms with Crippen molar-refractivity contribution in [2.75, 3.05) is 10.7 Å². The number of nitrogens with zero attached hydrogens (tertiary/aromatic N) is 3. The van der Waals surface area contributed by atoms with Gasteiger partial charge in [0, 0.05) is 12.6 Å². The lowest BCUT2D eigenvalue weighted by atomic mass is 10.2. The van der Waals surface area contributed by atoms with E-state index in [1.165, 1.54) is 28.4 Å². The zero-order valence-corrected chi connectivity index (χ0v) is 19.6. The molecule has 0 fully saturated rings. The first-order chi connectivity index (χ1) is 15.3. The minimum atomic E-state index is -3.58. The number of halogens is 1. The van der Waals surface area contributed by atoms with Crippen LogP contribution in [0.3, 0.4) is 0 Å². The number of carbonyl (C=O) groups excluding carboxylic acids is 1. The Morgan fingerprint density at radius 1 is 1.06 bits per heavy atom. The molecule has 0 aliphatic carbocycles. The molecule has 2 aromatic carbocycles. The van der Waals surface area contributed by atoms with E-state index in [0.29, 0.717) is 15.8 Å². The van der Waals surface area contributed by atoms with Crippen molar-refractivity contribution in [3.63, 3.8) is 0 Å². The Labute approximate surface area is 195 Å². The van der Waals surface area contributed by atoms with Crippen LogP contribution in [0.15, 0.2) is 71.8 Å². The summed E-state index contributed by atoms with van der Waals surface area (Å²) in [7, 11) is -3.58. The van der Waals surface area contributed by atoms with Crippen LogP contribution in [0, 0.1) is 6.92 Å². The minimum Gasteiger partial charge on any atom is -0.282 e. The molecule has 4 rings (SSSR count). The Morgan fingerprint density at radius 2 is 1.81 bits per heavy atom. The molecule has 0 N–H and O–H groups in total. The van der Waals surface area contributed by atoms with Crippen LogP contribution >= 0.6 is 22.9 Å². The molecule has 0 unspecified atom stereocenters. The van der Waals surface area contributed by atoms with Gasteiger partial charge in [-0.25, -0.2) is 13.4 Å². The number of hydrogen-bond acceptors (Lipinski definition) is 6. The monoisotopic (exact) mass is 485 g/mol. The number of fused-ring (bicyclic) bond motifs is 1. The molecule has 32 heavy (non-hydrogen) atoms. The van der Waals surface area contributed by atoms with Crippen molar-refractivity contribution >= 4 is 54.0 Å². The third-order valence-electron chi connectivity index (χ3n) is 4.95. The van der Waals surface area contributed by atoms with Crippen LogP contribution in [0.2, 0.25) is 5.02 Å². The maximum Gasteiger partial charge on any atom is 0.230 e. The van der Waals surface area contributed by atoms with Gasteiger partial charge in [0.15, 0.2) is 15.0 Å². The van der Waals surface area contributed by atoms with Crippen molar-refractivity contribution in [1.82, 2.24) is 9.97 Å². The summed E-state index contributed by atoms with van der Waals surface area (Å²) in [4.78, 5) is 23.9. The van der Waals surface area contributed by atoms with Gasteiger partial charge in [-0.15, -0.1) is 0 Å². The number of anilines is 1. The van der Waals surface area contributed by atoms with Gasteiger partial charge in [0.1, 0.15) is 0 Å². The van der Waals surface area contributed by atoms with Gasteiger partial charge in [0.25, 0.3) is 0 Å². The quantitative estimate of drug-likeness (QED) is 0.366. The number of carbonyl (C=O) groups is 1. The molecular formula is C23H20ClN3O3S2. The van der Waals surface area contributed by atoms with Crippen LogP contribution in [0.1, 0.15) is 17.7 Å². The first kappa shape index (κ1) is 22.4. The Bertz CT molecular complexity index is 1320. The van der Waals surface area contributed by atoms with E-state index in [-0.39, 0.29) is 29.5 Å². The zero-order valence-electron chi connectivity index (χ0n) is 17.2. The van der Waals surface area contributed by atoms with Crippen LogP contribution in [0.25, 0.3) is 10.2 Å². The molecule has 9 heteroatoms. The molecule has 0 spiro atoms. The number of rotatable bonds is 7. The van der Waals surface area contributed by atoms with Gasteiger partial charge in [0.05, 0.1) is 38.1 Å². The second kappa shape index (κ2) is 9.36. The smallest absolute Gasteiger partial charge is 0.230 e. The minimum absolute atomic E-state index is 0.174. The summed E-state index contributed by atoms with van der Waals surface area (Å²) in [5.41, 5.74) is 2.35. The summed E-state index contributed by atoms with van der Waals surface area (Å²) in [6, 6.07) is 17.3. The molecule has 0 atom stereocenters. The first-order valence-electron chi connectivity index (χ1n) is 9.89. The molecule has 2 heterocycles. The molecule has 0 aliphatic heterocycles. The molecule has 1 amide bonds. The molecule has 0 saturated heterocycles. The fourth-order valence-corrected chi connectivity index (χ4v) is 5.81. The van der Waals surface area contributed by atoms with E-state index in [9.17, 15) is 13.2 Å². The van der Waals surface area contributed by atoms with Gasteiger partial charge >= 0.3 is 0 Å². The third-order valence-corrected chi connectivity index (χ3v) is 8.22. The van der Waals surface area contributed by atoms with Crippen molar-refractivity contribution in [3.05, 3.63) is 83.1 Å². The van der Waals surface area contributed by atoms with Gasteiger partial charge < -0.3 is 0 Å². The van der Waals surface area contributed by atoms with Crippen molar-refractivity contribution in [1.29, 1.82) is 0 Å². The fraction of sp³-hybridized carbons (Fsp3) is 0.174. The normalized spacial score (nSPS) is 11.6. The summed E-state index contributed by atoms with van der Waals surface area (Å²) in [5.74, 6) is -0.637. The highest BCUT2D eigenvalue weighted by Gasteiger charge is 2.24. The molecule has 0 saturated carbocycles. The molecule has 6 nitrogen and oxygen atoms in total. The molecule has 0 radical (unpaired) electrons. The Kier molecular flexibility index (Phi) is 6.55. The Hall–Kier alpha value is -2.81. The van der Waals surface area contributed by atoms with Gasteiger partial charge in [0.2, 0.25) is 5.91 Å². The number of benzene rings is 2. The molecule has 4 aromatic rings. The summed E-state index contributed by atoms with van der Waals surface area (Å²) >= 11 is 7.66. The molecule has 2 aromatic heterocycles. The topological polar surface area (TPSA) is 80.2 Å². The molecule has 0 aliphatic rings. The van der Waals surface area contributed by atoms with Crippen LogP contribution in [0.4, 0.5) is 5.13 Å². The highest BCUT2D eigenvalue weighted by molar-refractivity contribution is 7.91. The number of hydrogen-bond donors (Lipinski definition) is 0. The van der Waals surface area contributed by atoms with Crippen LogP contribution < -0.4 is 4.90 Å². The number of amides is 1. The Morgan fingerprint density at radius 3 is 2.50 bits per heavy atom. The highest BCUT2D eigenvalue weighted by atomic mass is 35.5. The maximum absolute atomic E-state index is 13.2. The maximum atomic E-state index is 13.2. The van der Waals surface area contributed by atoms with Crippen molar-refractivity contribution in [3.8, 4) is 0 Å². The average Bonchev–Trinajstić information content (AvgIpc) is 3.26. The summed E-state index contributed by atoms with van der Waals surface area (Å²) in [5, 5.41) is 1.02. The number of thiazole rings is 1. The number of sulfone groups is 1. The number of aryl methyl sites for hydroxylation is 1. The molecular weight excluding hydrogens is 466 g/mol. The van der Waals surface area contributed by atoms with Gasteiger partial charge in [-0.1, -0.05) is 53.3 Å². The van der Waals surface area contributed by atoms with Crippen LogP contribution in [-0.2, 0) is 21.2 Å². The van der Waals surface area contributed by atoms with E-state index >= 15 is 0 Å². The number of pyridine rings is 1. The van der Waals surface area contributed by atoms with Gasteiger partial charge in [-0.2, -0.15) is 0 Å². The van der Waals surface area contributed by atoms with E-state index in [2.05, 4.69) is 9.97 Å². The third kappa shape index (κ3) is 4.82. The summed E-state index contributed by atoms with van der Waals surface area (Å²) in [6.07, 6.45) is 1.48.